The Labute approximate surface area is 187 Å². The first-order valence-electron chi connectivity index (χ1n) is 11.0. The molecule has 2 aromatic carbocycles. The SMILES string of the molecule is CCCCN1C(=O)c2ccc(C(=O)N3CCCC3c3ccc(OC)cc3OC)cc2C1=O. The number of benzene rings is 2. The molecule has 1 fully saturated rings. The summed E-state index contributed by atoms with van der Waals surface area (Å²) in [6, 6.07) is 10.3. The van der Waals surface area contributed by atoms with E-state index in [0.29, 0.717) is 41.3 Å². The van der Waals surface area contributed by atoms with Gasteiger partial charge in [-0.05, 0) is 49.6 Å². The Kier molecular flexibility index (Phi) is 6.17. The van der Waals surface area contributed by atoms with Crippen LogP contribution in [0.1, 0.15) is 75.3 Å². The normalized spacial score (nSPS) is 17.7. The van der Waals surface area contributed by atoms with Crippen LogP contribution in [0.3, 0.4) is 0 Å². The number of ether oxygens (including phenoxy) is 2. The second-order valence-corrected chi connectivity index (χ2v) is 8.14. The van der Waals surface area contributed by atoms with Gasteiger partial charge in [0.2, 0.25) is 0 Å². The van der Waals surface area contributed by atoms with Crippen molar-refractivity contribution < 1.29 is 23.9 Å². The van der Waals surface area contributed by atoms with Gasteiger partial charge in [0.15, 0.2) is 0 Å². The molecule has 32 heavy (non-hydrogen) atoms. The lowest BCUT2D eigenvalue weighted by atomic mass is 10.0. The summed E-state index contributed by atoms with van der Waals surface area (Å²) in [7, 11) is 3.20. The number of likely N-dealkylation sites (tertiary alicyclic amines) is 1. The third-order valence-corrected chi connectivity index (χ3v) is 6.27. The van der Waals surface area contributed by atoms with Gasteiger partial charge in [-0.15, -0.1) is 0 Å². The van der Waals surface area contributed by atoms with Crippen molar-refractivity contribution in [2.75, 3.05) is 27.3 Å². The average Bonchev–Trinajstić information content (AvgIpc) is 3.40. The predicted molar refractivity (Wildman–Crippen MR) is 119 cm³/mol. The predicted octanol–water partition coefficient (Wildman–Crippen LogP) is 4.08. The van der Waals surface area contributed by atoms with Crippen LogP contribution in [0, 0.1) is 0 Å². The van der Waals surface area contributed by atoms with Gasteiger partial charge in [-0.25, -0.2) is 0 Å². The maximum Gasteiger partial charge on any atom is 0.261 e. The number of imide groups is 1. The summed E-state index contributed by atoms with van der Waals surface area (Å²) >= 11 is 0. The largest absolute Gasteiger partial charge is 0.497 e. The van der Waals surface area contributed by atoms with Crippen LogP contribution in [-0.2, 0) is 0 Å². The van der Waals surface area contributed by atoms with Crippen LogP contribution in [0.5, 0.6) is 11.5 Å². The molecule has 7 nitrogen and oxygen atoms in total. The van der Waals surface area contributed by atoms with E-state index >= 15 is 0 Å². The van der Waals surface area contributed by atoms with Crippen LogP contribution in [0.2, 0.25) is 0 Å². The summed E-state index contributed by atoms with van der Waals surface area (Å²) < 4.78 is 10.8. The molecule has 0 bridgehead atoms. The van der Waals surface area contributed by atoms with E-state index in [1.165, 1.54) is 4.90 Å². The molecule has 2 heterocycles. The van der Waals surface area contributed by atoms with Gasteiger partial charge in [0.25, 0.3) is 17.7 Å². The van der Waals surface area contributed by atoms with Crippen molar-refractivity contribution >= 4 is 17.7 Å². The summed E-state index contributed by atoms with van der Waals surface area (Å²) in [5, 5.41) is 0. The van der Waals surface area contributed by atoms with Crippen LogP contribution in [0.25, 0.3) is 0 Å². The molecule has 2 aromatic rings. The van der Waals surface area contributed by atoms with Crippen molar-refractivity contribution in [1.29, 1.82) is 0 Å². The topological polar surface area (TPSA) is 76.2 Å². The highest BCUT2D eigenvalue weighted by Crippen LogP contribution is 2.39. The molecule has 3 amide bonds. The van der Waals surface area contributed by atoms with Crippen LogP contribution in [0.15, 0.2) is 36.4 Å². The minimum absolute atomic E-state index is 0.130. The van der Waals surface area contributed by atoms with Crippen LogP contribution in [-0.4, -0.2) is 54.8 Å². The number of hydrogen-bond donors (Lipinski definition) is 0. The fourth-order valence-corrected chi connectivity index (χ4v) is 4.54. The molecule has 0 aliphatic carbocycles. The lowest BCUT2D eigenvalue weighted by Gasteiger charge is -2.27. The van der Waals surface area contributed by atoms with Gasteiger partial charge in [-0.1, -0.05) is 13.3 Å². The fraction of sp³-hybridized carbons (Fsp3) is 0.400. The van der Waals surface area contributed by atoms with E-state index in [1.807, 2.05) is 30.0 Å². The molecular weight excluding hydrogens is 408 g/mol. The summed E-state index contributed by atoms with van der Waals surface area (Å²) in [5.41, 5.74) is 2.03. The zero-order valence-corrected chi connectivity index (χ0v) is 18.7. The number of unbranched alkanes of at least 4 members (excludes halogenated alkanes) is 1. The zero-order valence-electron chi connectivity index (χ0n) is 18.7. The number of fused-ring (bicyclic) bond motifs is 1. The monoisotopic (exact) mass is 436 g/mol. The first-order chi connectivity index (χ1) is 15.5. The van der Waals surface area contributed by atoms with E-state index in [4.69, 9.17) is 9.47 Å². The minimum atomic E-state index is -0.317. The van der Waals surface area contributed by atoms with Crippen LogP contribution in [0.4, 0.5) is 0 Å². The molecule has 0 radical (unpaired) electrons. The van der Waals surface area contributed by atoms with E-state index in [0.717, 1.165) is 31.2 Å². The number of nitrogens with zero attached hydrogens (tertiary/aromatic N) is 2. The molecule has 168 valence electrons. The molecule has 1 atom stereocenters. The molecule has 4 rings (SSSR count). The number of amides is 3. The smallest absolute Gasteiger partial charge is 0.261 e. The molecule has 0 N–H and O–H groups in total. The maximum absolute atomic E-state index is 13.4. The van der Waals surface area contributed by atoms with Crippen molar-refractivity contribution in [2.24, 2.45) is 0 Å². The second-order valence-electron chi connectivity index (χ2n) is 8.14. The number of rotatable bonds is 7. The standard InChI is InChI=1S/C25H28N2O5/c1-4-5-12-27-24(29)18-10-8-16(14-20(18)25(27)30)23(28)26-13-6-7-21(26)19-11-9-17(31-2)15-22(19)32-3/h8-11,14-15,21H,4-7,12-13H2,1-3H3. The van der Waals surface area contributed by atoms with Gasteiger partial charge in [0.05, 0.1) is 31.4 Å². The van der Waals surface area contributed by atoms with E-state index in [9.17, 15) is 14.4 Å². The van der Waals surface area contributed by atoms with Gasteiger partial charge in [-0.2, -0.15) is 0 Å². The van der Waals surface area contributed by atoms with Gasteiger partial charge in [-0.3, -0.25) is 19.3 Å². The third kappa shape index (κ3) is 3.72. The average molecular weight is 437 g/mol. The Morgan fingerprint density at radius 1 is 1.03 bits per heavy atom. The van der Waals surface area contributed by atoms with Gasteiger partial charge in [0.1, 0.15) is 11.5 Å². The first-order valence-corrected chi connectivity index (χ1v) is 11.0. The van der Waals surface area contributed by atoms with Gasteiger partial charge in [0, 0.05) is 30.3 Å². The highest BCUT2D eigenvalue weighted by atomic mass is 16.5. The summed E-state index contributed by atoms with van der Waals surface area (Å²) in [5.74, 6) is 0.619. The van der Waals surface area contributed by atoms with E-state index in [2.05, 4.69) is 0 Å². The van der Waals surface area contributed by atoms with Crippen molar-refractivity contribution in [3.05, 3.63) is 58.7 Å². The number of carbonyl (C=O) groups excluding carboxylic acids is 3. The van der Waals surface area contributed by atoms with Crippen molar-refractivity contribution in [1.82, 2.24) is 9.80 Å². The Bertz CT molecular complexity index is 1060. The maximum atomic E-state index is 13.4. The van der Waals surface area contributed by atoms with E-state index < -0.39 is 0 Å². The Hall–Kier alpha value is -3.35. The Morgan fingerprint density at radius 3 is 2.53 bits per heavy atom. The molecule has 7 heteroatoms. The highest BCUT2D eigenvalue weighted by Gasteiger charge is 2.37. The molecule has 0 aromatic heterocycles. The first kappa shape index (κ1) is 21.9. The molecule has 0 spiro atoms. The highest BCUT2D eigenvalue weighted by molar-refractivity contribution is 6.22. The fourth-order valence-electron chi connectivity index (χ4n) is 4.54. The summed E-state index contributed by atoms with van der Waals surface area (Å²) in [6.07, 6.45) is 3.35. The lowest BCUT2D eigenvalue weighted by Crippen LogP contribution is -2.31. The van der Waals surface area contributed by atoms with E-state index in [-0.39, 0.29) is 23.8 Å². The van der Waals surface area contributed by atoms with Crippen molar-refractivity contribution in [2.45, 2.75) is 38.6 Å². The Balaban J connectivity index is 1.61. The van der Waals surface area contributed by atoms with Gasteiger partial charge >= 0.3 is 0 Å². The van der Waals surface area contributed by atoms with E-state index in [1.54, 1.807) is 32.4 Å². The quantitative estimate of drug-likeness (QED) is 0.612. The minimum Gasteiger partial charge on any atom is -0.497 e. The molecular formula is C25H28N2O5. The molecule has 2 aliphatic heterocycles. The molecule has 2 aliphatic rings. The second kappa shape index (κ2) is 9.02. The van der Waals surface area contributed by atoms with Crippen LogP contribution >= 0.6 is 0 Å². The van der Waals surface area contributed by atoms with Crippen LogP contribution < -0.4 is 9.47 Å². The molecule has 0 saturated carbocycles. The zero-order chi connectivity index (χ0) is 22.8. The number of hydrogen-bond acceptors (Lipinski definition) is 5. The van der Waals surface area contributed by atoms with Crippen molar-refractivity contribution in [3.63, 3.8) is 0 Å². The molecule has 1 unspecified atom stereocenters. The molecule has 1 saturated heterocycles. The number of carbonyl (C=O) groups is 3. The van der Waals surface area contributed by atoms with Crippen molar-refractivity contribution in [3.8, 4) is 11.5 Å². The summed E-state index contributed by atoms with van der Waals surface area (Å²) in [6.45, 7) is 3.03. The number of methoxy groups -OCH3 is 2. The van der Waals surface area contributed by atoms with Gasteiger partial charge < -0.3 is 14.4 Å². The lowest BCUT2D eigenvalue weighted by molar-refractivity contribution is 0.0651. The Morgan fingerprint density at radius 2 is 1.81 bits per heavy atom. The summed E-state index contributed by atoms with van der Waals surface area (Å²) in [4.78, 5) is 41.9. The third-order valence-electron chi connectivity index (χ3n) is 6.27.